The maximum atomic E-state index is 13.8. The number of carbonyl (C=O) groups is 2. The predicted octanol–water partition coefficient (Wildman–Crippen LogP) is 3.89. The molecule has 2 aromatic rings. The number of hydrogen-bond donors (Lipinski definition) is 2. The number of hydrogen-bond acceptors (Lipinski definition) is 9. The number of dihydropyridines is 1. The Kier molecular flexibility index (Phi) is 8.16. The van der Waals surface area contributed by atoms with Crippen molar-refractivity contribution >= 4 is 17.6 Å². The van der Waals surface area contributed by atoms with E-state index in [1.807, 2.05) is 18.2 Å². The highest BCUT2D eigenvalue weighted by atomic mass is 16.6. The van der Waals surface area contributed by atoms with E-state index in [4.69, 9.17) is 15.2 Å². The fourth-order valence-electron chi connectivity index (χ4n) is 5.37. The minimum atomic E-state index is -0.982. The molecule has 10 heteroatoms. The minimum Gasteiger partial charge on any atom is -0.462 e. The van der Waals surface area contributed by atoms with Crippen LogP contribution in [0.5, 0.6) is 0 Å². The molecule has 2 heterocycles. The number of nitrogens with zero attached hydrogens (tertiary/aromatic N) is 2. The van der Waals surface area contributed by atoms with Gasteiger partial charge < -0.3 is 20.5 Å². The van der Waals surface area contributed by atoms with E-state index < -0.39 is 22.8 Å². The molecule has 2 atom stereocenters. The molecule has 2 aromatic carbocycles. The molecular weight excluding hydrogens is 512 g/mol. The first-order valence-corrected chi connectivity index (χ1v) is 13.7. The highest BCUT2D eigenvalue weighted by Gasteiger charge is 2.40. The summed E-state index contributed by atoms with van der Waals surface area (Å²) < 4.78 is 11.6. The molecule has 1 saturated heterocycles. The molecular formula is C30H34N4O6. The molecule has 2 unspecified atom stereocenters. The molecule has 3 aliphatic rings. The van der Waals surface area contributed by atoms with Crippen molar-refractivity contribution in [3.05, 3.63) is 98.5 Å². The number of nitrogens with two attached hydrogens (primary N) is 1. The fraction of sp³-hybridized carbons (Fsp3) is 0.400. The normalized spacial score (nSPS) is 21.5. The Bertz CT molecular complexity index is 1350. The van der Waals surface area contributed by atoms with Gasteiger partial charge in [0.2, 0.25) is 0 Å². The summed E-state index contributed by atoms with van der Waals surface area (Å²) in [5.74, 6) is -1.84. The monoisotopic (exact) mass is 546 g/mol. The second-order valence-electron chi connectivity index (χ2n) is 10.7. The van der Waals surface area contributed by atoms with Gasteiger partial charge in [-0.1, -0.05) is 42.5 Å². The van der Waals surface area contributed by atoms with Crippen molar-refractivity contribution in [1.82, 2.24) is 10.2 Å². The summed E-state index contributed by atoms with van der Waals surface area (Å²) in [5, 5.41) is 14.5. The number of allylic oxidation sites excluding steroid dienone is 1. The lowest BCUT2D eigenvalue weighted by Crippen LogP contribution is -2.42. The maximum Gasteiger partial charge on any atom is 0.338 e. The number of piperidine rings is 1. The number of non-ortho nitro benzene ring substituents is 1. The molecule has 210 valence electrons. The van der Waals surface area contributed by atoms with Gasteiger partial charge in [0.25, 0.3) is 5.69 Å². The number of nitro benzene ring substituents is 1. The summed E-state index contributed by atoms with van der Waals surface area (Å²) in [4.78, 5) is 40.4. The zero-order valence-electron chi connectivity index (χ0n) is 22.5. The van der Waals surface area contributed by atoms with Gasteiger partial charge in [-0.2, -0.15) is 0 Å². The van der Waals surface area contributed by atoms with E-state index in [-0.39, 0.29) is 35.4 Å². The molecule has 40 heavy (non-hydrogen) atoms. The Morgan fingerprint density at radius 1 is 1.07 bits per heavy atom. The number of benzene rings is 2. The molecule has 1 aliphatic carbocycles. The van der Waals surface area contributed by atoms with Gasteiger partial charge in [-0.25, -0.2) is 9.59 Å². The summed E-state index contributed by atoms with van der Waals surface area (Å²) in [6.07, 6.45) is 3.21. The van der Waals surface area contributed by atoms with Crippen LogP contribution in [0, 0.1) is 16.0 Å². The highest BCUT2D eigenvalue weighted by molar-refractivity contribution is 6.00. The number of likely N-dealkylation sites (tertiary alicyclic amines) is 1. The predicted molar refractivity (Wildman–Crippen MR) is 147 cm³/mol. The average Bonchev–Trinajstić information content (AvgIpc) is 3.77. The van der Waals surface area contributed by atoms with E-state index in [9.17, 15) is 19.7 Å². The van der Waals surface area contributed by atoms with Gasteiger partial charge in [0.05, 0.1) is 28.6 Å². The Morgan fingerprint density at radius 3 is 2.58 bits per heavy atom. The smallest absolute Gasteiger partial charge is 0.338 e. The zero-order valence-corrected chi connectivity index (χ0v) is 22.5. The topological polar surface area (TPSA) is 137 Å². The zero-order chi connectivity index (χ0) is 28.2. The Balaban J connectivity index is 1.40. The van der Waals surface area contributed by atoms with Crippen LogP contribution in [0.4, 0.5) is 5.69 Å². The summed E-state index contributed by atoms with van der Waals surface area (Å²) >= 11 is 0. The largest absolute Gasteiger partial charge is 0.462 e. The molecule has 2 aliphatic heterocycles. The molecule has 2 fully saturated rings. The number of ether oxygens (including phenoxy) is 2. The lowest BCUT2D eigenvalue weighted by Gasteiger charge is -2.34. The van der Waals surface area contributed by atoms with Crippen LogP contribution in [0.2, 0.25) is 0 Å². The SMILES string of the molecule is CC1=C(C(=O)OCC2CC2)C(c2cccc([N+](=O)[O-])c2)C(C(=O)OC2CCCN(Cc3ccccc3)C2)=C(N)N1. The molecule has 3 N–H and O–H groups in total. The number of rotatable bonds is 9. The van der Waals surface area contributed by atoms with Crippen molar-refractivity contribution in [2.75, 3.05) is 19.7 Å². The van der Waals surface area contributed by atoms with Gasteiger partial charge >= 0.3 is 11.9 Å². The number of nitrogens with one attached hydrogen (secondary N) is 1. The first-order valence-electron chi connectivity index (χ1n) is 13.7. The van der Waals surface area contributed by atoms with Crippen LogP contribution >= 0.6 is 0 Å². The van der Waals surface area contributed by atoms with E-state index in [0.717, 1.165) is 32.4 Å². The Hall–Kier alpha value is -4.18. The lowest BCUT2D eigenvalue weighted by atomic mass is 9.81. The number of carbonyl (C=O) groups excluding carboxylic acids is 2. The summed E-state index contributed by atoms with van der Waals surface area (Å²) in [7, 11) is 0. The molecule has 0 spiro atoms. The van der Waals surface area contributed by atoms with Crippen LogP contribution < -0.4 is 11.1 Å². The second kappa shape index (κ2) is 11.9. The average molecular weight is 547 g/mol. The summed E-state index contributed by atoms with van der Waals surface area (Å²) in [6.45, 7) is 4.17. The van der Waals surface area contributed by atoms with Crippen molar-refractivity contribution in [2.45, 2.75) is 51.2 Å². The summed E-state index contributed by atoms with van der Waals surface area (Å²) in [5.41, 5.74) is 8.44. The van der Waals surface area contributed by atoms with Crippen LogP contribution in [0.1, 0.15) is 49.7 Å². The van der Waals surface area contributed by atoms with Crippen molar-refractivity contribution in [3.63, 3.8) is 0 Å². The molecule has 0 radical (unpaired) electrons. The fourth-order valence-corrected chi connectivity index (χ4v) is 5.37. The lowest BCUT2D eigenvalue weighted by molar-refractivity contribution is -0.384. The summed E-state index contributed by atoms with van der Waals surface area (Å²) in [6, 6.07) is 16.0. The van der Waals surface area contributed by atoms with Gasteiger partial charge in [-0.05, 0) is 56.2 Å². The quantitative estimate of drug-likeness (QED) is 0.273. The van der Waals surface area contributed by atoms with E-state index in [1.165, 1.54) is 23.8 Å². The Labute approximate surface area is 233 Å². The third-order valence-corrected chi connectivity index (χ3v) is 7.58. The van der Waals surface area contributed by atoms with Gasteiger partial charge in [-0.15, -0.1) is 0 Å². The van der Waals surface area contributed by atoms with Crippen LogP contribution in [0.3, 0.4) is 0 Å². The van der Waals surface area contributed by atoms with Gasteiger partial charge in [0.15, 0.2) is 0 Å². The molecule has 0 aromatic heterocycles. The first-order chi connectivity index (χ1) is 19.3. The van der Waals surface area contributed by atoms with Crippen molar-refractivity contribution in [1.29, 1.82) is 0 Å². The number of esters is 2. The van der Waals surface area contributed by atoms with Crippen molar-refractivity contribution in [2.24, 2.45) is 11.7 Å². The minimum absolute atomic E-state index is 0.0460. The molecule has 5 rings (SSSR count). The standard InChI is InChI=1S/C30H34N4O6/c1-19-25(29(35)39-18-21-12-13-21)26(22-9-5-10-23(15-22)34(37)38)27(28(31)32-19)30(36)40-24-11-6-14-33(17-24)16-20-7-3-2-4-8-20/h2-5,7-10,15,21,24,26,32H,6,11-14,16-18,31H2,1H3. The van der Waals surface area contributed by atoms with E-state index in [1.54, 1.807) is 13.0 Å². The maximum absolute atomic E-state index is 13.8. The van der Waals surface area contributed by atoms with Crippen LogP contribution in [0.25, 0.3) is 0 Å². The van der Waals surface area contributed by atoms with E-state index in [0.29, 0.717) is 30.1 Å². The van der Waals surface area contributed by atoms with Crippen molar-refractivity contribution in [3.8, 4) is 0 Å². The second-order valence-corrected chi connectivity index (χ2v) is 10.7. The highest BCUT2D eigenvalue weighted by Crippen LogP contribution is 2.40. The number of nitro groups is 1. The molecule has 1 saturated carbocycles. The van der Waals surface area contributed by atoms with Gasteiger partial charge in [0.1, 0.15) is 11.9 Å². The molecule has 0 bridgehead atoms. The van der Waals surface area contributed by atoms with Gasteiger partial charge in [-0.3, -0.25) is 15.0 Å². The molecule has 0 amide bonds. The van der Waals surface area contributed by atoms with Crippen LogP contribution in [-0.2, 0) is 25.6 Å². The third-order valence-electron chi connectivity index (χ3n) is 7.58. The van der Waals surface area contributed by atoms with E-state index >= 15 is 0 Å². The van der Waals surface area contributed by atoms with Crippen LogP contribution in [0.15, 0.2) is 77.3 Å². The van der Waals surface area contributed by atoms with Crippen molar-refractivity contribution < 1.29 is 24.0 Å². The van der Waals surface area contributed by atoms with E-state index in [2.05, 4.69) is 22.3 Å². The first kappa shape index (κ1) is 27.4. The van der Waals surface area contributed by atoms with Crippen LogP contribution in [-0.4, -0.2) is 47.6 Å². The Morgan fingerprint density at radius 2 is 1.85 bits per heavy atom. The van der Waals surface area contributed by atoms with Gasteiger partial charge in [0, 0.05) is 30.9 Å². The molecule has 10 nitrogen and oxygen atoms in total. The third kappa shape index (κ3) is 6.34.